The number of carbonyl (C=O) groups excluding carboxylic acids is 1. The number of pyridine rings is 1. The van der Waals surface area contributed by atoms with Gasteiger partial charge in [-0.3, -0.25) is 9.59 Å². The van der Waals surface area contributed by atoms with Gasteiger partial charge < -0.3 is 14.6 Å². The number of carbonyl (C=O) groups is 1. The number of likely N-dealkylation sites (N-methyl/N-ethyl adjacent to an activating group) is 1. The van der Waals surface area contributed by atoms with Crippen molar-refractivity contribution in [2.75, 3.05) is 11.9 Å². The fourth-order valence-electron chi connectivity index (χ4n) is 3.31. The Morgan fingerprint density at radius 1 is 1.21 bits per heavy atom. The van der Waals surface area contributed by atoms with Crippen molar-refractivity contribution in [1.29, 1.82) is 0 Å². The number of hydrogen-bond acceptors (Lipinski definition) is 3. The van der Waals surface area contributed by atoms with Gasteiger partial charge in [-0.25, -0.2) is 8.78 Å². The molecule has 0 atom stereocenters. The summed E-state index contributed by atoms with van der Waals surface area (Å²) in [5.41, 5.74) is 0.737. The molecule has 0 aliphatic rings. The van der Waals surface area contributed by atoms with Crippen LogP contribution in [-0.2, 0) is 24.7 Å². The van der Waals surface area contributed by atoms with Gasteiger partial charge in [0.15, 0.2) is 0 Å². The maximum Gasteiger partial charge on any atom is 0.258 e. The molecule has 0 fully saturated rings. The molecule has 3 rings (SSSR count). The highest BCUT2D eigenvalue weighted by Gasteiger charge is 2.22. The normalized spacial score (nSPS) is 11.0. The monoisotopic (exact) mass is 386 g/mol. The highest BCUT2D eigenvalue weighted by atomic mass is 19.1. The van der Waals surface area contributed by atoms with E-state index in [-0.39, 0.29) is 17.0 Å². The second-order valence-corrected chi connectivity index (χ2v) is 6.58. The van der Waals surface area contributed by atoms with E-state index >= 15 is 0 Å². The van der Waals surface area contributed by atoms with Crippen LogP contribution in [-0.4, -0.2) is 22.6 Å². The van der Waals surface area contributed by atoms with Crippen molar-refractivity contribution >= 4 is 22.5 Å². The molecule has 0 unspecified atom stereocenters. The number of amides is 1. The molecule has 2 aromatic carbocycles. The van der Waals surface area contributed by atoms with Crippen LogP contribution >= 0.6 is 0 Å². The van der Waals surface area contributed by atoms with Gasteiger partial charge in [0.1, 0.15) is 17.4 Å². The lowest BCUT2D eigenvalue weighted by Gasteiger charge is -2.19. The second-order valence-electron chi connectivity index (χ2n) is 6.58. The lowest BCUT2D eigenvalue weighted by molar-refractivity contribution is -0.117. The van der Waals surface area contributed by atoms with E-state index in [9.17, 15) is 23.5 Å². The molecule has 0 aliphatic heterocycles. The smallest absolute Gasteiger partial charge is 0.258 e. The fourth-order valence-corrected chi connectivity index (χ4v) is 3.31. The summed E-state index contributed by atoms with van der Waals surface area (Å²) in [6, 6.07) is 8.24. The highest BCUT2D eigenvalue weighted by Crippen LogP contribution is 2.30. The van der Waals surface area contributed by atoms with Crippen molar-refractivity contribution < 1.29 is 18.7 Å². The van der Waals surface area contributed by atoms with Crippen molar-refractivity contribution in [1.82, 2.24) is 4.57 Å². The number of nitrogens with zero attached hydrogens (tertiary/aromatic N) is 2. The zero-order valence-corrected chi connectivity index (χ0v) is 15.8. The first-order chi connectivity index (χ1) is 13.3. The first kappa shape index (κ1) is 19.5. The number of rotatable bonds is 4. The standard InChI is InChI=1S/C21H20F2N2O3/c1-4-12-6-5-7-17-19(12)20(27)14(21(28)25(17)3)11-18(26)24(2)16-9-8-13(22)10-15(16)23/h5-10,27H,4,11H2,1-3H3. The number of aromatic nitrogens is 1. The van der Waals surface area contributed by atoms with E-state index in [0.29, 0.717) is 23.4 Å². The van der Waals surface area contributed by atoms with E-state index in [1.165, 1.54) is 11.6 Å². The lowest BCUT2D eigenvalue weighted by atomic mass is 10.0. The number of benzene rings is 2. The Labute approximate surface area is 160 Å². The van der Waals surface area contributed by atoms with E-state index in [0.717, 1.165) is 22.6 Å². The number of aryl methyl sites for hydroxylation is 2. The molecule has 0 saturated heterocycles. The summed E-state index contributed by atoms with van der Waals surface area (Å²) in [7, 11) is 2.90. The van der Waals surface area contributed by atoms with Gasteiger partial charge in [0.2, 0.25) is 5.91 Å². The molecule has 146 valence electrons. The van der Waals surface area contributed by atoms with E-state index in [4.69, 9.17) is 0 Å². The summed E-state index contributed by atoms with van der Waals surface area (Å²) in [5.74, 6) is -2.49. The van der Waals surface area contributed by atoms with Crippen LogP contribution in [0, 0.1) is 11.6 Å². The van der Waals surface area contributed by atoms with Crippen LogP contribution in [0.1, 0.15) is 18.1 Å². The van der Waals surface area contributed by atoms with Gasteiger partial charge in [-0.1, -0.05) is 19.1 Å². The van der Waals surface area contributed by atoms with Crippen molar-refractivity contribution in [3.63, 3.8) is 0 Å². The average molecular weight is 386 g/mol. The first-order valence-corrected chi connectivity index (χ1v) is 8.80. The molecular formula is C21H20F2N2O3. The topological polar surface area (TPSA) is 62.5 Å². The molecule has 3 aromatic rings. The fraction of sp³-hybridized carbons (Fsp3) is 0.238. The SMILES string of the molecule is CCc1cccc2c1c(O)c(CC(=O)N(C)c1ccc(F)cc1F)c(=O)n2C. The number of anilines is 1. The number of fused-ring (bicyclic) bond motifs is 1. The van der Waals surface area contributed by atoms with E-state index in [1.807, 2.05) is 13.0 Å². The Morgan fingerprint density at radius 3 is 2.57 bits per heavy atom. The molecule has 5 nitrogen and oxygen atoms in total. The van der Waals surface area contributed by atoms with Gasteiger partial charge in [0.25, 0.3) is 5.56 Å². The Kier molecular flexibility index (Phi) is 5.18. The van der Waals surface area contributed by atoms with Gasteiger partial charge in [-0.15, -0.1) is 0 Å². The summed E-state index contributed by atoms with van der Waals surface area (Å²) in [4.78, 5) is 26.4. The highest BCUT2D eigenvalue weighted by molar-refractivity contribution is 5.96. The Balaban J connectivity index is 2.07. The van der Waals surface area contributed by atoms with E-state index in [2.05, 4.69) is 0 Å². The maximum absolute atomic E-state index is 14.0. The zero-order valence-electron chi connectivity index (χ0n) is 15.8. The van der Waals surface area contributed by atoms with Crippen molar-refractivity contribution in [3.8, 4) is 5.75 Å². The van der Waals surface area contributed by atoms with Gasteiger partial charge in [0.05, 0.1) is 23.2 Å². The average Bonchev–Trinajstić information content (AvgIpc) is 2.68. The number of halogens is 2. The quantitative estimate of drug-likeness (QED) is 0.749. The third-order valence-corrected chi connectivity index (χ3v) is 4.93. The maximum atomic E-state index is 14.0. The molecule has 0 saturated carbocycles. The Bertz CT molecular complexity index is 1140. The molecule has 1 N–H and O–H groups in total. The zero-order chi connectivity index (χ0) is 20.6. The molecule has 7 heteroatoms. The summed E-state index contributed by atoms with van der Waals surface area (Å²) in [6.07, 6.45) is 0.219. The van der Waals surface area contributed by atoms with Gasteiger partial charge in [-0.05, 0) is 30.2 Å². The molecular weight excluding hydrogens is 366 g/mol. The molecule has 0 bridgehead atoms. The Morgan fingerprint density at radius 2 is 1.93 bits per heavy atom. The van der Waals surface area contributed by atoms with Crippen LogP contribution in [0.15, 0.2) is 41.2 Å². The second kappa shape index (κ2) is 7.42. The molecule has 0 spiro atoms. The minimum Gasteiger partial charge on any atom is -0.507 e. The lowest BCUT2D eigenvalue weighted by Crippen LogP contribution is -2.32. The van der Waals surface area contributed by atoms with Crippen molar-refractivity contribution in [3.05, 3.63) is 69.5 Å². The summed E-state index contributed by atoms with van der Waals surface area (Å²) >= 11 is 0. The summed E-state index contributed by atoms with van der Waals surface area (Å²) in [5, 5.41) is 11.3. The molecule has 1 heterocycles. The van der Waals surface area contributed by atoms with Crippen LogP contribution < -0.4 is 10.5 Å². The largest absolute Gasteiger partial charge is 0.507 e. The van der Waals surface area contributed by atoms with Crippen molar-refractivity contribution in [2.24, 2.45) is 7.05 Å². The van der Waals surface area contributed by atoms with Crippen LogP contribution in [0.3, 0.4) is 0 Å². The van der Waals surface area contributed by atoms with Gasteiger partial charge >= 0.3 is 0 Å². The molecule has 0 radical (unpaired) electrons. The molecule has 1 amide bonds. The van der Waals surface area contributed by atoms with E-state index < -0.39 is 29.5 Å². The summed E-state index contributed by atoms with van der Waals surface area (Å²) < 4.78 is 28.5. The van der Waals surface area contributed by atoms with Crippen LogP contribution in [0.25, 0.3) is 10.9 Å². The van der Waals surface area contributed by atoms with Crippen LogP contribution in [0.2, 0.25) is 0 Å². The van der Waals surface area contributed by atoms with Gasteiger partial charge in [-0.2, -0.15) is 0 Å². The predicted octanol–water partition coefficient (Wildman–Crippen LogP) is 3.29. The minimum atomic E-state index is -0.889. The van der Waals surface area contributed by atoms with Crippen molar-refractivity contribution in [2.45, 2.75) is 19.8 Å². The number of aromatic hydroxyl groups is 1. The molecule has 28 heavy (non-hydrogen) atoms. The third-order valence-electron chi connectivity index (χ3n) is 4.93. The minimum absolute atomic E-state index is 0.0599. The molecule has 1 aromatic heterocycles. The predicted molar refractivity (Wildman–Crippen MR) is 104 cm³/mol. The Hall–Kier alpha value is -3.22. The van der Waals surface area contributed by atoms with Crippen LogP contribution in [0.4, 0.5) is 14.5 Å². The third kappa shape index (κ3) is 3.24. The summed E-state index contributed by atoms with van der Waals surface area (Å²) in [6.45, 7) is 1.93. The van der Waals surface area contributed by atoms with Crippen LogP contribution in [0.5, 0.6) is 5.75 Å². The number of hydrogen-bond donors (Lipinski definition) is 1. The van der Waals surface area contributed by atoms with Gasteiger partial charge in [0, 0.05) is 25.5 Å². The molecule has 0 aliphatic carbocycles. The van der Waals surface area contributed by atoms with E-state index in [1.54, 1.807) is 19.2 Å². The first-order valence-electron chi connectivity index (χ1n) is 8.80.